The Morgan fingerprint density at radius 3 is 2.72 bits per heavy atom. The van der Waals surface area contributed by atoms with Crippen LogP contribution in [0.3, 0.4) is 0 Å². The Kier molecular flexibility index (Phi) is 4.59. The molecule has 4 heteroatoms. The highest BCUT2D eigenvalue weighted by Gasteiger charge is 2.31. The van der Waals surface area contributed by atoms with Gasteiger partial charge in [0.1, 0.15) is 5.82 Å². The van der Waals surface area contributed by atoms with E-state index in [2.05, 4.69) is 22.6 Å². The van der Waals surface area contributed by atoms with E-state index in [1.807, 2.05) is 11.8 Å². The molecule has 0 aliphatic carbocycles. The van der Waals surface area contributed by atoms with Crippen LogP contribution in [-0.2, 0) is 4.79 Å². The molecule has 0 bridgehead atoms. The first-order valence-electron chi connectivity index (χ1n) is 6.25. The third kappa shape index (κ3) is 2.84. The summed E-state index contributed by atoms with van der Waals surface area (Å²) in [4.78, 5) is 14.2. The summed E-state index contributed by atoms with van der Waals surface area (Å²) in [5.74, 6) is 0.163. The first kappa shape index (κ1) is 13.8. The number of halogens is 2. The zero-order valence-corrected chi connectivity index (χ0v) is 12.6. The summed E-state index contributed by atoms with van der Waals surface area (Å²) in [6, 6.07) is 6.47. The molecule has 1 aliphatic heterocycles. The fourth-order valence-corrected chi connectivity index (χ4v) is 3.24. The van der Waals surface area contributed by atoms with Crippen LogP contribution in [0.2, 0.25) is 0 Å². The number of rotatable bonds is 3. The number of likely N-dealkylation sites (tertiary alicyclic amines) is 1. The standard InChI is InChI=1S/C14H17FINO/c1-10(11-4-6-13(15)7-5-11)17-8-2-3-12(9-16)14(17)18/h4-7,10,12H,2-3,8-9H2,1H3/t10-,12?/m0/s1. The summed E-state index contributed by atoms with van der Waals surface area (Å²) in [5, 5.41) is 0. The summed E-state index contributed by atoms with van der Waals surface area (Å²) in [6.07, 6.45) is 2.05. The summed E-state index contributed by atoms with van der Waals surface area (Å²) >= 11 is 2.28. The number of carbonyl (C=O) groups is 1. The highest BCUT2D eigenvalue weighted by Crippen LogP contribution is 2.28. The van der Waals surface area contributed by atoms with Gasteiger partial charge in [-0.1, -0.05) is 34.7 Å². The van der Waals surface area contributed by atoms with Gasteiger partial charge in [-0.2, -0.15) is 0 Å². The maximum atomic E-state index is 12.9. The highest BCUT2D eigenvalue weighted by molar-refractivity contribution is 14.1. The normalized spacial score (nSPS) is 22.1. The number of nitrogens with zero attached hydrogens (tertiary/aromatic N) is 1. The molecule has 98 valence electrons. The Balaban J connectivity index is 2.15. The molecule has 1 amide bonds. The van der Waals surface area contributed by atoms with Crippen LogP contribution in [0.25, 0.3) is 0 Å². The molecule has 1 fully saturated rings. The van der Waals surface area contributed by atoms with Crippen molar-refractivity contribution in [2.75, 3.05) is 11.0 Å². The van der Waals surface area contributed by atoms with Gasteiger partial charge in [-0.3, -0.25) is 4.79 Å². The Morgan fingerprint density at radius 1 is 1.44 bits per heavy atom. The van der Waals surface area contributed by atoms with E-state index in [9.17, 15) is 9.18 Å². The number of piperidine rings is 1. The van der Waals surface area contributed by atoms with E-state index in [0.717, 1.165) is 29.4 Å². The predicted molar refractivity (Wildman–Crippen MR) is 78.1 cm³/mol. The summed E-state index contributed by atoms with van der Waals surface area (Å²) in [6.45, 7) is 2.82. The van der Waals surface area contributed by atoms with E-state index in [1.165, 1.54) is 12.1 Å². The molecule has 0 aromatic heterocycles. The third-order valence-corrected chi connectivity index (χ3v) is 4.65. The van der Waals surface area contributed by atoms with Crippen LogP contribution in [0.15, 0.2) is 24.3 Å². The van der Waals surface area contributed by atoms with Gasteiger partial charge >= 0.3 is 0 Å². The molecule has 0 spiro atoms. The van der Waals surface area contributed by atoms with Gasteiger partial charge in [0.25, 0.3) is 0 Å². The van der Waals surface area contributed by atoms with Crippen LogP contribution in [0.5, 0.6) is 0 Å². The smallest absolute Gasteiger partial charge is 0.226 e. The second kappa shape index (κ2) is 5.99. The van der Waals surface area contributed by atoms with Gasteiger partial charge in [0.05, 0.1) is 6.04 Å². The van der Waals surface area contributed by atoms with Crippen LogP contribution in [0.4, 0.5) is 4.39 Å². The predicted octanol–water partition coefficient (Wildman–Crippen LogP) is 3.56. The topological polar surface area (TPSA) is 20.3 Å². The molecule has 2 rings (SSSR count). The minimum Gasteiger partial charge on any atom is -0.336 e. The molecular weight excluding hydrogens is 344 g/mol. The van der Waals surface area contributed by atoms with Crippen LogP contribution < -0.4 is 0 Å². The van der Waals surface area contributed by atoms with Gasteiger partial charge < -0.3 is 4.90 Å². The monoisotopic (exact) mass is 361 g/mol. The third-order valence-electron chi connectivity index (χ3n) is 3.59. The van der Waals surface area contributed by atoms with E-state index >= 15 is 0 Å². The van der Waals surface area contributed by atoms with Crippen molar-refractivity contribution in [2.24, 2.45) is 5.92 Å². The molecule has 1 heterocycles. The molecule has 1 unspecified atom stereocenters. The van der Waals surface area contributed by atoms with Crippen molar-refractivity contribution < 1.29 is 9.18 Å². The van der Waals surface area contributed by atoms with Gasteiger partial charge in [-0.05, 0) is 37.5 Å². The quantitative estimate of drug-likeness (QED) is 0.596. The first-order chi connectivity index (χ1) is 8.63. The molecular formula is C14H17FINO. The maximum absolute atomic E-state index is 12.9. The van der Waals surface area contributed by atoms with Gasteiger partial charge in [-0.25, -0.2) is 4.39 Å². The lowest BCUT2D eigenvalue weighted by atomic mass is 9.96. The number of benzene rings is 1. The zero-order valence-electron chi connectivity index (χ0n) is 10.4. The molecule has 18 heavy (non-hydrogen) atoms. The summed E-state index contributed by atoms with van der Waals surface area (Å²) in [5.41, 5.74) is 0.999. The molecule has 0 saturated carbocycles. The van der Waals surface area contributed by atoms with E-state index in [-0.39, 0.29) is 23.7 Å². The highest BCUT2D eigenvalue weighted by atomic mass is 127. The van der Waals surface area contributed by atoms with Crippen molar-refractivity contribution >= 4 is 28.5 Å². The Bertz CT molecular complexity index is 420. The first-order valence-corrected chi connectivity index (χ1v) is 7.78. The molecule has 1 aromatic carbocycles. The number of hydrogen-bond acceptors (Lipinski definition) is 1. The van der Waals surface area contributed by atoms with Crippen molar-refractivity contribution in [1.82, 2.24) is 4.90 Å². The van der Waals surface area contributed by atoms with E-state index in [0.29, 0.717) is 0 Å². The van der Waals surface area contributed by atoms with Crippen LogP contribution in [0.1, 0.15) is 31.4 Å². The van der Waals surface area contributed by atoms with Crippen molar-refractivity contribution in [2.45, 2.75) is 25.8 Å². The lowest BCUT2D eigenvalue weighted by Crippen LogP contribution is -2.43. The van der Waals surface area contributed by atoms with Gasteiger partial charge in [0.15, 0.2) is 0 Å². The molecule has 2 atom stereocenters. The second-order valence-electron chi connectivity index (χ2n) is 4.75. The van der Waals surface area contributed by atoms with Gasteiger partial charge in [0.2, 0.25) is 5.91 Å². The molecule has 1 aliphatic rings. The Hall–Kier alpha value is -0.650. The number of amides is 1. The van der Waals surface area contributed by atoms with Crippen molar-refractivity contribution in [1.29, 1.82) is 0 Å². The van der Waals surface area contributed by atoms with Gasteiger partial charge in [0, 0.05) is 16.9 Å². The van der Waals surface area contributed by atoms with E-state index < -0.39 is 0 Å². The fraction of sp³-hybridized carbons (Fsp3) is 0.500. The second-order valence-corrected chi connectivity index (χ2v) is 5.63. The Morgan fingerprint density at radius 2 is 2.11 bits per heavy atom. The minimum absolute atomic E-state index is 0.0313. The van der Waals surface area contributed by atoms with Crippen LogP contribution in [0, 0.1) is 11.7 Å². The average molecular weight is 361 g/mol. The van der Waals surface area contributed by atoms with Crippen LogP contribution >= 0.6 is 22.6 Å². The minimum atomic E-state index is -0.235. The van der Waals surface area contributed by atoms with E-state index in [4.69, 9.17) is 0 Å². The number of alkyl halides is 1. The Labute approximate surface area is 121 Å². The summed E-state index contributed by atoms with van der Waals surface area (Å²) in [7, 11) is 0. The van der Waals surface area contributed by atoms with Gasteiger partial charge in [-0.15, -0.1) is 0 Å². The number of hydrogen-bond donors (Lipinski definition) is 0. The van der Waals surface area contributed by atoms with E-state index in [1.54, 1.807) is 12.1 Å². The molecule has 1 aromatic rings. The molecule has 2 nitrogen and oxygen atoms in total. The lowest BCUT2D eigenvalue weighted by molar-refractivity contribution is -0.139. The SMILES string of the molecule is C[C@@H](c1ccc(F)cc1)N1CCCC(CI)C1=O. The van der Waals surface area contributed by atoms with Crippen LogP contribution in [-0.4, -0.2) is 21.8 Å². The molecule has 0 N–H and O–H groups in total. The molecule has 0 radical (unpaired) electrons. The van der Waals surface area contributed by atoms with Crippen molar-refractivity contribution in [3.63, 3.8) is 0 Å². The number of carbonyl (C=O) groups excluding carboxylic acids is 1. The average Bonchev–Trinajstić information content (AvgIpc) is 2.39. The molecule has 1 saturated heterocycles. The maximum Gasteiger partial charge on any atom is 0.226 e. The lowest BCUT2D eigenvalue weighted by Gasteiger charge is -2.36. The largest absolute Gasteiger partial charge is 0.336 e. The van der Waals surface area contributed by atoms with Crippen molar-refractivity contribution in [3.8, 4) is 0 Å². The van der Waals surface area contributed by atoms with Crippen molar-refractivity contribution in [3.05, 3.63) is 35.6 Å². The zero-order chi connectivity index (χ0) is 13.1. The summed E-state index contributed by atoms with van der Waals surface area (Å²) < 4.78 is 13.8. The fourth-order valence-electron chi connectivity index (χ4n) is 2.43.